The molecule has 122 valence electrons. The highest BCUT2D eigenvalue weighted by Crippen LogP contribution is 2.15. The Hall–Kier alpha value is -1.06. The second-order valence-corrected chi connectivity index (χ2v) is 4.19. The summed E-state index contributed by atoms with van der Waals surface area (Å²) < 4.78 is 0. The van der Waals surface area contributed by atoms with Crippen LogP contribution in [0.5, 0.6) is 0 Å². The van der Waals surface area contributed by atoms with Crippen molar-refractivity contribution in [1.82, 2.24) is 5.32 Å². The number of hydrogen-bond donors (Lipinski definition) is 2. The van der Waals surface area contributed by atoms with E-state index in [1.807, 2.05) is 27.7 Å². The number of primary amides is 1. The molecule has 0 aromatic heterocycles. The maximum absolute atomic E-state index is 10.1. The Labute approximate surface area is 125 Å². The van der Waals surface area contributed by atoms with Gasteiger partial charge in [-0.1, -0.05) is 66.2 Å². The number of hydrogen-bond acceptors (Lipinski definition) is 2. The molecule has 1 saturated heterocycles. The first kappa shape index (κ1) is 24.0. The fourth-order valence-electron chi connectivity index (χ4n) is 1.63. The topological polar surface area (TPSA) is 72.2 Å². The molecule has 2 fully saturated rings. The van der Waals surface area contributed by atoms with E-state index < -0.39 is 0 Å². The molecule has 2 amide bonds. The van der Waals surface area contributed by atoms with E-state index in [2.05, 4.69) is 11.1 Å². The van der Waals surface area contributed by atoms with E-state index in [0.717, 1.165) is 19.4 Å². The molecule has 0 atom stereocenters. The van der Waals surface area contributed by atoms with Crippen molar-refractivity contribution in [3.05, 3.63) is 0 Å². The zero-order chi connectivity index (χ0) is 16.2. The zero-order valence-corrected chi connectivity index (χ0v) is 14.3. The van der Waals surface area contributed by atoms with Crippen molar-refractivity contribution in [2.24, 2.45) is 5.73 Å². The smallest absolute Gasteiger partial charge is 0.220 e. The summed E-state index contributed by atoms with van der Waals surface area (Å²) in [6.45, 7) is 10.2. The summed E-state index contributed by atoms with van der Waals surface area (Å²) in [6.07, 6.45) is 10.8. The monoisotopic (exact) mass is 288 g/mol. The first-order chi connectivity index (χ1) is 9.63. The molecule has 0 spiro atoms. The van der Waals surface area contributed by atoms with Gasteiger partial charge in [0, 0.05) is 19.9 Å². The van der Waals surface area contributed by atoms with E-state index in [1.54, 1.807) is 0 Å². The van der Waals surface area contributed by atoms with Crippen LogP contribution in [0, 0.1) is 0 Å². The predicted molar refractivity (Wildman–Crippen MR) is 87.5 cm³/mol. The molecule has 1 aliphatic carbocycles. The van der Waals surface area contributed by atoms with Gasteiger partial charge in [-0.25, -0.2) is 0 Å². The lowest BCUT2D eigenvalue weighted by molar-refractivity contribution is -0.119. The number of amides is 2. The molecule has 4 nitrogen and oxygen atoms in total. The van der Waals surface area contributed by atoms with Gasteiger partial charge in [0.25, 0.3) is 0 Å². The van der Waals surface area contributed by atoms with Gasteiger partial charge in [0.05, 0.1) is 0 Å². The molecule has 0 radical (unpaired) electrons. The van der Waals surface area contributed by atoms with Gasteiger partial charge in [-0.3, -0.25) is 9.59 Å². The molecule has 1 saturated carbocycles. The molecule has 2 aliphatic rings. The van der Waals surface area contributed by atoms with Gasteiger partial charge in [-0.05, 0) is 6.42 Å². The van der Waals surface area contributed by atoms with Crippen LogP contribution >= 0.6 is 0 Å². The SMILES string of the molecule is C1CCCCC1.CC.CC.CC(N)=O.O=C1CCCN1. The van der Waals surface area contributed by atoms with E-state index in [9.17, 15) is 9.59 Å². The molecule has 0 aromatic carbocycles. The van der Waals surface area contributed by atoms with Gasteiger partial charge < -0.3 is 11.1 Å². The van der Waals surface area contributed by atoms with Gasteiger partial charge in [0.2, 0.25) is 11.8 Å². The number of carbonyl (C=O) groups is 2. The molecular weight excluding hydrogens is 252 g/mol. The summed E-state index contributed by atoms with van der Waals surface area (Å²) in [7, 11) is 0. The van der Waals surface area contributed by atoms with Crippen molar-refractivity contribution in [2.45, 2.75) is 86.0 Å². The van der Waals surface area contributed by atoms with Crippen molar-refractivity contribution in [3.63, 3.8) is 0 Å². The van der Waals surface area contributed by atoms with Crippen molar-refractivity contribution in [1.29, 1.82) is 0 Å². The zero-order valence-electron chi connectivity index (χ0n) is 14.3. The highest BCUT2D eigenvalue weighted by atomic mass is 16.2. The molecule has 4 heteroatoms. The summed E-state index contributed by atoms with van der Waals surface area (Å²) in [4.78, 5) is 19.4. The third-order valence-electron chi connectivity index (χ3n) is 2.40. The lowest BCUT2D eigenvalue weighted by Crippen LogP contribution is -2.12. The fraction of sp³-hybridized carbons (Fsp3) is 0.875. The molecule has 20 heavy (non-hydrogen) atoms. The quantitative estimate of drug-likeness (QED) is 0.712. The predicted octanol–water partition coefficient (Wildman–Crippen LogP) is 3.78. The van der Waals surface area contributed by atoms with Crippen LogP contribution in [-0.4, -0.2) is 18.4 Å². The van der Waals surface area contributed by atoms with E-state index >= 15 is 0 Å². The molecule has 0 unspecified atom stereocenters. The molecule has 0 bridgehead atoms. The summed E-state index contributed by atoms with van der Waals surface area (Å²) >= 11 is 0. The lowest BCUT2D eigenvalue weighted by atomic mass is 10.0. The molecule has 1 heterocycles. The van der Waals surface area contributed by atoms with Crippen LogP contribution in [0.4, 0.5) is 0 Å². The minimum atomic E-state index is -0.333. The highest BCUT2D eigenvalue weighted by Gasteiger charge is 2.05. The van der Waals surface area contributed by atoms with E-state index in [0.29, 0.717) is 0 Å². The van der Waals surface area contributed by atoms with Crippen LogP contribution in [0.3, 0.4) is 0 Å². The van der Waals surface area contributed by atoms with Crippen molar-refractivity contribution in [2.75, 3.05) is 6.54 Å². The van der Waals surface area contributed by atoms with Gasteiger partial charge >= 0.3 is 0 Å². The first-order valence-corrected chi connectivity index (χ1v) is 8.15. The Morgan fingerprint density at radius 3 is 1.30 bits per heavy atom. The number of nitrogens with two attached hydrogens (primary N) is 1. The highest BCUT2D eigenvalue weighted by molar-refractivity contribution is 5.77. The Balaban J connectivity index is -0.000000196. The molecule has 1 aliphatic heterocycles. The minimum absolute atomic E-state index is 0.204. The Morgan fingerprint density at radius 2 is 1.20 bits per heavy atom. The average molecular weight is 288 g/mol. The lowest BCUT2D eigenvalue weighted by Gasteiger charge is -2.05. The summed E-state index contributed by atoms with van der Waals surface area (Å²) in [5, 5.41) is 2.68. The van der Waals surface area contributed by atoms with Crippen molar-refractivity contribution in [3.8, 4) is 0 Å². The Bertz CT molecular complexity index is 179. The van der Waals surface area contributed by atoms with Gasteiger partial charge in [0.15, 0.2) is 0 Å². The van der Waals surface area contributed by atoms with E-state index in [-0.39, 0.29) is 11.8 Å². The normalized spacial score (nSPS) is 15.3. The average Bonchev–Trinajstić information content (AvgIpc) is 2.96. The van der Waals surface area contributed by atoms with E-state index in [4.69, 9.17) is 0 Å². The standard InChI is InChI=1S/C6H12.C4H7NO.C2H5NO.2C2H6/c1-2-4-6-5-3-1;6-4-2-1-3-5-4;1-2(3)4;2*1-2/h1-6H2;1-3H2,(H,5,6);1H3,(H2,3,4);2*1-2H3. The van der Waals surface area contributed by atoms with Crippen molar-refractivity contribution < 1.29 is 9.59 Å². The molecule has 0 aromatic rings. The first-order valence-electron chi connectivity index (χ1n) is 8.15. The third kappa shape index (κ3) is 30.2. The van der Waals surface area contributed by atoms with E-state index in [1.165, 1.54) is 45.4 Å². The summed E-state index contributed by atoms with van der Waals surface area (Å²) in [5.41, 5.74) is 4.47. The molecule has 3 N–H and O–H groups in total. The maximum atomic E-state index is 10.1. The second-order valence-electron chi connectivity index (χ2n) is 4.19. The van der Waals surface area contributed by atoms with Crippen LogP contribution < -0.4 is 11.1 Å². The summed E-state index contributed by atoms with van der Waals surface area (Å²) in [5.74, 6) is -0.130. The maximum Gasteiger partial charge on any atom is 0.220 e. The van der Waals surface area contributed by atoms with Crippen LogP contribution in [0.2, 0.25) is 0 Å². The van der Waals surface area contributed by atoms with Crippen LogP contribution in [0.1, 0.15) is 86.0 Å². The fourth-order valence-corrected chi connectivity index (χ4v) is 1.63. The molecular formula is C16H36N2O2. The number of rotatable bonds is 0. The number of nitrogens with one attached hydrogen (secondary N) is 1. The van der Waals surface area contributed by atoms with Crippen LogP contribution in [0.25, 0.3) is 0 Å². The Kier molecular flexibility index (Phi) is 27.7. The van der Waals surface area contributed by atoms with Crippen LogP contribution in [0.15, 0.2) is 0 Å². The van der Waals surface area contributed by atoms with Gasteiger partial charge in [-0.15, -0.1) is 0 Å². The second kappa shape index (κ2) is 23.1. The van der Waals surface area contributed by atoms with Gasteiger partial charge in [0.1, 0.15) is 0 Å². The third-order valence-corrected chi connectivity index (χ3v) is 2.40. The summed E-state index contributed by atoms with van der Waals surface area (Å²) in [6, 6.07) is 0. The van der Waals surface area contributed by atoms with Crippen LogP contribution in [-0.2, 0) is 9.59 Å². The Morgan fingerprint density at radius 1 is 0.900 bits per heavy atom. The molecule has 2 rings (SSSR count). The van der Waals surface area contributed by atoms with Crippen molar-refractivity contribution >= 4 is 11.8 Å². The number of carbonyl (C=O) groups excluding carboxylic acids is 2. The largest absolute Gasteiger partial charge is 0.370 e. The van der Waals surface area contributed by atoms with Gasteiger partial charge in [-0.2, -0.15) is 0 Å². The minimum Gasteiger partial charge on any atom is -0.370 e.